The van der Waals surface area contributed by atoms with Gasteiger partial charge in [-0.25, -0.2) is 9.78 Å². The molecule has 5 aromatic carbocycles. The zero-order valence-corrected chi connectivity index (χ0v) is 35.3. The lowest BCUT2D eigenvalue weighted by Gasteiger charge is -2.12. The number of hydrogen-bond acceptors (Lipinski definition) is 15. The second-order valence-corrected chi connectivity index (χ2v) is 16.7. The first-order chi connectivity index (χ1) is 30.8. The Bertz CT molecular complexity index is 3490. The van der Waals surface area contributed by atoms with Crippen molar-refractivity contribution in [3.63, 3.8) is 0 Å². The summed E-state index contributed by atoms with van der Waals surface area (Å²) in [7, 11) is -4.28. The Morgan fingerprint density at radius 1 is 0.797 bits per heavy atom. The second-order valence-electron chi connectivity index (χ2n) is 14.2. The normalized spacial score (nSPS) is 12.0. The number of carbonyl (C=O) groups is 1. The molecule has 0 aliphatic heterocycles. The first-order valence-corrected chi connectivity index (χ1v) is 21.7. The number of pyridine rings is 1. The van der Waals surface area contributed by atoms with Crippen LogP contribution in [0, 0.1) is 36.5 Å². The van der Waals surface area contributed by atoms with Gasteiger partial charge in [0.05, 0.1) is 34.6 Å². The number of nitrogens with zero attached hydrogens (tertiary/aromatic N) is 10. The molecule has 0 amide bonds. The van der Waals surface area contributed by atoms with Crippen molar-refractivity contribution in [2.45, 2.75) is 20.3 Å². The number of thiophene rings is 1. The maximum Gasteiger partial charge on any atom is 0.337 e. The summed E-state index contributed by atoms with van der Waals surface area (Å²) in [5.74, 6) is -1.97. The average molecular weight is 889 g/mol. The quantitative estimate of drug-likeness (QED) is 0.0560. The van der Waals surface area contributed by atoms with E-state index in [0.29, 0.717) is 33.3 Å². The van der Waals surface area contributed by atoms with Gasteiger partial charge in [-0.2, -0.15) is 18.9 Å². The summed E-state index contributed by atoms with van der Waals surface area (Å²) in [4.78, 5) is 16.5. The van der Waals surface area contributed by atoms with Gasteiger partial charge in [-0.15, -0.1) is 30.7 Å². The first kappa shape index (κ1) is 42.5. The number of nitriles is 2. The molecule has 0 aliphatic rings. The van der Waals surface area contributed by atoms with E-state index in [-0.39, 0.29) is 79.7 Å². The molecular formula is C45H32N10O7S2. The standard InChI is InChI=1S/C45H32N10O7S2/c1-25-20-36(51-52-40-26(2)31(23-46)41-48-34-14-7-8-15-37(34)55(41)44(40)56)38(62-18-9-19-64(59,60)61)22-35(25)50-53-42-32(24-47)39(29-17-16-27-10-3-4-11-28(27)21-29)43(63-42)54-49-33-13-6-5-12-30(33)45(57)58/h3-8,10-17,20-22,56H,9,18-19H2,1-2H3,(H,57,58)(H,59,60,61). The molecule has 0 saturated carbocycles. The molecule has 17 nitrogen and oxygen atoms in total. The highest BCUT2D eigenvalue weighted by Gasteiger charge is 2.23. The van der Waals surface area contributed by atoms with Crippen LogP contribution in [-0.2, 0) is 10.1 Å². The molecule has 0 atom stereocenters. The summed E-state index contributed by atoms with van der Waals surface area (Å²) >= 11 is 1.02. The van der Waals surface area contributed by atoms with Gasteiger partial charge < -0.3 is 14.9 Å². The number of aromatic hydroxyl groups is 1. The van der Waals surface area contributed by atoms with Crippen LogP contribution in [0.15, 0.2) is 134 Å². The number of azo groups is 3. The third-order valence-electron chi connectivity index (χ3n) is 10.0. The van der Waals surface area contributed by atoms with Crippen LogP contribution in [0.2, 0.25) is 0 Å². The van der Waals surface area contributed by atoms with Crippen LogP contribution in [0.4, 0.5) is 32.8 Å². The number of ether oxygens (including phenoxy) is 1. The molecule has 0 saturated heterocycles. The summed E-state index contributed by atoms with van der Waals surface area (Å²) in [6.07, 6.45) is -0.0809. The van der Waals surface area contributed by atoms with E-state index >= 15 is 0 Å². The second kappa shape index (κ2) is 17.6. The van der Waals surface area contributed by atoms with Gasteiger partial charge >= 0.3 is 5.97 Å². The fraction of sp³-hybridized carbons (Fsp3) is 0.111. The number of aryl methyl sites for hydroxylation is 1. The van der Waals surface area contributed by atoms with Gasteiger partial charge in [0.25, 0.3) is 10.1 Å². The van der Waals surface area contributed by atoms with Crippen molar-refractivity contribution in [3.8, 4) is 34.9 Å². The molecular weight excluding hydrogens is 857 g/mol. The van der Waals surface area contributed by atoms with E-state index in [1.165, 1.54) is 22.6 Å². The average Bonchev–Trinajstić information content (AvgIpc) is 3.85. The number of benzene rings is 5. The number of imidazole rings is 1. The Hall–Kier alpha value is -8.23. The van der Waals surface area contributed by atoms with Crippen molar-refractivity contribution in [1.82, 2.24) is 9.38 Å². The summed E-state index contributed by atoms with van der Waals surface area (Å²) in [5, 5.41) is 70.7. The van der Waals surface area contributed by atoms with Gasteiger partial charge in [0.15, 0.2) is 16.3 Å². The number of fused-ring (bicyclic) bond motifs is 4. The SMILES string of the molecule is Cc1cc(N=Nc2c(C)c(C#N)c3nc4ccccc4n3c2O)c(OCCCS(=O)(=O)O)cc1N=Nc1sc(N=Nc2ccccc2C(=O)O)c(-c2ccc3ccccc3c2)c1C#N. The number of carboxylic acid groups (broad SMARTS) is 1. The van der Waals surface area contributed by atoms with Crippen molar-refractivity contribution in [1.29, 1.82) is 10.5 Å². The van der Waals surface area contributed by atoms with Crippen molar-refractivity contribution < 1.29 is 32.7 Å². The van der Waals surface area contributed by atoms with Crippen LogP contribution in [0.3, 0.4) is 0 Å². The summed E-state index contributed by atoms with van der Waals surface area (Å²) < 4.78 is 39.6. The summed E-state index contributed by atoms with van der Waals surface area (Å²) in [6, 6.07) is 34.0. The molecule has 64 heavy (non-hydrogen) atoms. The van der Waals surface area contributed by atoms with Crippen molar-refractivity contribution in [2.24, 2.45) is 30.7 Å². The fourth-order valence-corrected chi connectivity index (χ4v) is 8.32. The number of rotatable bonds is 13. The highest BCUT2D eigenvalue weighted by molar-refractivity contribution is 7.85. The minimum absolute atomic E-state index is 0.00529. The minimum atomic E-state index is -4.28. The topological polar surface area (TPSA) is 260 Å². The van der Waals surface area contributed by atoms with Gasteiger partial charge in [-0.05, 0) is 78.6 Å². The van der Waals surface area contributed by atoms with Gasteiger partial charge in [0.2, 0.25) is 5.88 Å². The molecule has 0 bridgehead atoms. The largest absolute Gasteiger partial charge is 0.493 e. The lowest BCUT2D eigenvalue weighted by molar-refractivity contribution is 0.0697. The van der Waals surface area contributed by atoms with Crippen molar-refractivity contribution in [2.75, 3.05) is 12.4 Å². The fourth-order valence-electron chi connectivity index (χ4n) is 6.92. The minimum Gasteiger partial charge on any atom is -0.493 e. The van der Waals surface area contributed by atoms with Crippen molar-refractivity contribution in [3.05, 3.63) is 131 Å². The third kappa shape index (κ3) is 8.49. The molecule has 0 aliphatic carbocycles. The zero-order chi connectivity index (χ0) is 45.1. The monoisotopic (exact) mass is 888 g/mol. The van der Waals surface area contributed by atoms with E-state index in [2.05, 4.69) is 47.8 Å². The molecule has 3 N–H and O–H groups in total. The van der Waals surface area contributed by atoms with Gasteiger partial charge in [-0.3, -0.25) is 8.95 Å². The number of para-hydroxylation sites is 2. The Labute approximate surface area is 368 Å². The summed E-state index contributed by atoms with van der Waals surface area (Å²) in [6.45, 7) is 3.16. The number of carboxylic acids is 1. The first-order valence-electron chi connectivity index (χ1n) is 19.2. The van der Waals surface area contributed by atoms with E-state index in [1.807, 2.05) is 42.5 Å². The molecule has 3 aromatic heterocycles. The van der Waals surface area contributed by atoms with Gasteiger partial charge in [-0.1, -0.05) is 72.0 Å². The number of aromatic carboxylic acids is 1. The molecule has 0 radical (unpaired) electrons. The van der Waals surface area contributed by atoms with Gasteiger partial charge in [0.1, 0.15) is 45.4 Å². The smallest absolute Gasteiger partial charge is 0.337 e. The van der Waals surface area contributed by atoms with Crippen molar-refractivity contribution >= 4 is 87.6 Å². The van der Waals surface area contributed by atoms with E-state index < -0.39 is 21.8 Å². The van der Waals surface area contributed by atoms with Crippen LogP contribution in [0.1, 0.15) is 39.0 Å². The van der Waals surface area contributed by atoms with E-state index in [4.69, 9.17) is 4.74 Å². The molecule has 8 aromatic rings. The van der Waals surface area contributed by atoms with Crippen LogP contribution < -0.4 is 4.74 Å². The maximum absolute atomic E-state index is 11.9. The van der Waals surface area contributed by atoms with E-state index in [9.17, 15) is 38.5 Å². The van der Waals surface area contributed by atoms with E-state index in [1.54, 1.807) is 56.3 Å². The predicted molar refractivity (Wildman–Crippen MR) is 239 cm³/mol. The highest BCUT2D eigenvalue weighted by Crippen LogP contribution is 2.49. The Morgan fingerprint density at radius 3 is 2.25 bits per heavy atom. The van der Waals surface area contributed by atoms with Gasteiger partial charge in [0, 0.05) is 17.2 Å². The summed E-state index contributed by atoms with van der Waals surface area (Å²) in [5.41, 5.74) is 4.03. The number of hydrogen-bond donors (Lipinski definition) is 3. The van der Waals surface area contributed by atoms with Crippen LogP contribution >= 0.6 is 11.3 Å². The van der Waals surface area contributed by atoms with E-state index in [0.717, 1.165) is 22.1 Å². The Balaban J connectivity index is 1.21. The highest BCUT2D eigenvalue weighted by atomic mass is 32.2. The molecule has 19 heteroatoms. The van der Waals surface area contributed by atoms with Crippen LogP contribution in [0.5, 0.6) is 11.6 Å². The number of aromatic nitrogens is 2. The lowest BCUT2D eigenvalue weighted by atomic mass is 10.00. The maximum atomic E-state index is 11.9. The molecule has 0 unspecified atom stereocenters. The molecule has 316 valence electrons. The lowest BCUT2D eigenvalue weighted by Crippen LogP contribution is -2.08. The zero-order valence-electron chi connectivity index (χ0n) is 33.7. The van der Waals surface area contributed by atoms with Crippen LogP contribution in [0.25, 0.3) is 38.6 Å². The Morgan fingerprint density at radius 2 is 1.48 bits per heavy atom. The molecule has 0 spiro atoms. The molecule has 3 heterocycles. The Kier molecular flexibility index (Phi) is 11.7. The predicted octanol–water partition coefficient (Wildman–Crippen LogP) is 12.0. The molecule has 0 fully saturated rings. The molecule has 8 rings (SSSR count). The third-order valence-corrected chi connectivity index (χ3v) is 11.8. The van der Waals surface area contributed by atoms with Crippen LogP contribution in [-0.4, -0.2) is 50.9 Å².